The summed E-state index contributed by atoms with van der Waals surface area (Å²) in [5.41, 5.74) is 2.42. The molecule has 10 nitrogen and oxygen atoms in total. The van der Waals surface area contributed by atoms with Gasteiger partial charge in [-0.25, -0.2) is 18.4 Å². The topological polar surface area (TPSA) is 92.1 Å². The van der Waals surface area contributed by atoms with Crippen LogP contribution in [0.25, 0.3) is 33.5 Å². The Balaban J connectivity index is 1.55. The first kappa shape index (κ1) is 28.4. The van der Waals surface area contributed by atoms with Gasteiger partial charge in [0.15, 0.2) is 5.82 Å². The Morgan fingerprint density at radius 1 is 1.02 bits per heavy atom. The summed E-state index contributed by atoms with van der Waals surface area (Å²) in [6, 6.07) is 6.10. The molecule has 1 unspecified atom stereocenters. The number of benzene rings is 2. The van der Waals surface area contributed by atoms with E-state index in [1.165, 1.54) is 21.5 Å². The highest BCUT2D eigenvalue weighted by atomic mass is 19.1. The summed E-state index contributed by atoms with van der Waals surface area (Å²) in [6.45, 7) is 11.3. The molecular formula is C31H33F2N7O3. The first-order valence-corrected chi connectivity index (χ1v) is 14.0. The van der Waals surface area contributed by atoms with Gasteiger partial charge < -0.3 is 4.74 Å². The van der Waals surface area contributed by atoms with Gasteiger partial charge in [-0.2, -0.15) is 10.2 Å². The minimum absolute atomic E-state index is 0.0729. The van der Waals surface area contributed by atoms with Crippen LogP contribution < -0.4 is 5.69 Å². The van der Waals surface area contributed by atoms with Crippen molar-refractivity contribution in [2.24, 2.45) is 7.05 Å². The van der Waals surface area contributed by atoms with Crippen LogP contribution in [0.4, 0.5) is 13.6 Å². The van der Waals surface area contributed by atoms with Crippen molar-refractivity contribution in [3.8, 4) is 22.6 Å². The number of hydrogen-bond donors (Lipinski definition) is 0. The van der Waals surface area contributed by atoms with Crippen molar-refractivity contribution in [1.29, 1.82) is 0 Å². The van der Waals surface area contributed by atoms with Gasteiger partial charge in [0, 0.05) is 31.5 Å². The van der Waals surface area contributed by atoms with Gasteiger partial charge in [-0.3, -0.25) is 23.4 Å². The molecule has 224 valence electrons. The predicted octanol–water partition coefficient (Wildman–Crippen LogP) is 5.59. The second-order valence-corrected chi connectivity index (χ2v) is 12.0. The van der Waals surface area contributed by atoms with Crippen molar-refractivity contribution in [2.75, 3.05) is 6.54 Å². The lowest BCUT2D eigenvalue weighted by Gasteiger charge is -2.35. The average molecular weight is 590 g/mol. The fourth-order valence-corrected chi connectivity index (χ4v) is 5.78. The molecule has 0 aliphatic carbocycles. The first-order valence-electron chi connectivity index (χ1n) is 14.0. The van der Waals surface area contributed by atoms with Crippen LogP contribution in [0.1, 0.15) is 50.6 Å². The molecule has 0 fully saturated rings. The number of carbonyl (C=O) groups excluding carboxylic acids is 1. The normalized spacial score (nSPS) is 15.3. The predicted molar refractivity (Wildman–Crippen MR) is 158 cm³/mol. The number of hydrogen-bond acceptors (Lipinski definition) is 5. The lowest BCUT2D eigenvalue weighted by molar-refractivity contribution is 0.0120. The molecular weight excluding hydrogens is 556 g/mol. The molecule has 6 rings (SSSR count). The van der Waals surface area contributed by atoms with E-state index in [2.05, 4.69) is 5.10 Å². The number of aryl methyl sites for hydroxylation is 3. The minimum atomic E-state index is -0.695. The molecule has 0 saturated carbocycles. The highest BCUT2D eigenvalue weighted by molar-refractivity contribution is 5.82. The molecule has 5 aromatic rings. The van der Waals surface area contributed by atoms with E-state index in [0.29, 0.717) is 57.8 Å². The van der Waals surface area contributed by atoms with Gasteiger partial charge in [0.2, 0.25) is 0 Å². The standard InChI is InChI=1S/C31H33F2N7O3/c1-17-14-20(15-18(2)24(17)32)26-28(27-19(3)37(12-13-40(27)35-26)30(42)43-31(4,5)6)39-11-10-38(29(39)41)23-9-8-22-21(25(23)33)16-34-36(22)7/h8-11,14-16,19H,12-13H2,1-7H3. The third kappa shape index (κ3) is 4.61. The summed E-state index contributed by atoms with van der Waals surface area (Å²) in [5.74, 6) is -0.889. The molecule has 4 heterocycles. The Morgan fingerprint density at radius 3 is 2.37 bits per heavy atom. The molecule has 1 aliphatic heterocycles. The second kappa shape index (κ2) is 9.92. The van der Waals surface area contributed by atoms with Crippen LogP contribution in [-0.2, 0) is 18.3 Å². The molecule has 1 amide bonds. The maximum atomic E-state index is 15.6. The second-order valence-electron chi connectivity index (χ2n) is 12.0. The summed E-state index contributed by atoms with van der Waals surface area (Å²) in [5, 5.41) is 9.30. The van der Waals surface area contributed by atoms with E-state index in [-0.39, 0.29) is 11.5 Å². The molecule has 1 aliphatic rings. The number of aromatic nitrogens is 6. The first-order chi connectivity index (χ1) is 20.3. The van der Waals surface area contributed by atoms with E-state index >= 15 is 4.39 Å². The van der Waals surface area contributed by atoms with E-state index in [9.17, 15) is 14.0 Å². The molecule has 12 heteroatoms. The summed E-state index contributed by atoms with van der Waals surface area (Å²) in [7, 11) is 1.72. The van der Waals surface area contributed by atoms with Crippen LogP contribution in [0, 0.1) is 25.5 Å². The van der Waals surface area contributed by atoms with E-state index in [1.54, 1.807) is 86.4 Å². The third-order valence-electron chi connectivity index (χ3n) is 7.84. The monoisotopic (exact) mass is 589 g/mol. The molecule has 0 spiro atoms. The zero-order valence-corrected chi connectivity index (χ0v) is 25.1. The SMILES string of the molecule is Cc1cc(-c2nn3c(c2-n2ccn(-c4ccc5c(cnn5C)c4F)c2=O)C(C)N(C(=O)OC(C)(C)C)CC3)cc(C)c1F. The maximum Gasteiger partial charge on any atom is 0.410 e. The zero-order chi connectivity index (χ0) is 31.0. The zero-order valence-electron chi connectivity index (χ0n) is 25.1. The fourth-order valence-electron chi connectivity index (χ4n) is 5.78. The third-order valence-corrected chi connectivity index (χ3v) is 7.84. The number of rotatable bonds is 3. The van der Waals surface area contributed by atoms with Gasteiger partial charge in [0.25, 0.3) is 0 Å². The van der Waals surface area contributed by atoms with E-state index < -0.39 is 29.2 Å². The largest absolute Gasteiger partial charge is 0.444 e. The average Bonchev–Trinajstić information content (AvgIpc) is 3.62. The Kier molecular flexibility index (Phi) is 6.55. The minimum Gasteiger partial charge on any atom is -0.444 e. The molecule has 0 radical (unpaired) electrons. The van der Waals surface area contributed by atoms with Crippen LogP contribution in [0.15, 0.2) is 47.7 Å². The van der Waals surface area contributed by atoms with Crippen LogP contribution in [0.3, 0.4) is 0 Å². The number of imidazole rings is 1. The summed E-state index contributed by atoms with van der Waals surface area (Å²) in [6.07, 6.45) is 4.00. The Bertz CT molecular complexity index is 1950. The number of ether oxygens (including phenoxy) is 1. The van der Waals surface area contributed by atoms with Crippen molar-refractivity contribution >= 4 is 17.0 Å². The van der Waals surface area contributed by atoms with Crippen LogP contribution in [-0.4, -0.2) is 51.8 Å². The molecule has 2 aromatic carbocycles. The van der Waals surface area contributed by atoms with E-state index in [4.69, 9.17) is 9.84 Å². The highest BCUT2D eigenvalue weighted by Gasteiger charge is 2.37. The van der Waals surface area contributed by atoms with Crippen LogP contribution in [0.5, 0.6) is 0 Å². The Hall–Kier alpha value is -4.74. The fraction of sp³-hybridized carbons (Fsp3) is 0.355. The van der Waals surface area contributed by atoms with Crippen molar-refractivity contribution in [3.63, 3.8) is 0 Å². The van der Waals surface area contributed by atoms with Crippen molar-refractivity contribution in [3.05, 3.63) is 81.8 Å². The summed E-state index contributed by atoms with van der Waals surface area (Å²) in [4.78, 5) is 28.9. The van der Waals surface area contributed by atoms with Gasteiger partial charge in [-0.15, -0.1) is 0 Å². The number of carbonyl (C=O) groups is 1. The van der Waals surface area contributed by atoms with Gasteiger partial charge in [0.05, 0.1) is 41.1 Å². The molecule has 0 bridgehead atoms. The summed E-state index contributed by atoms with van der Waals surface area (Å²) >= 11 is 0. The van der Waals surface area contributed by atoms with Crippen molar-refractivity contribution < 1.29 is 18.3 Å². The molecule has 0 saturated heterocycles. The number of amides is 1. The Morgan fingerprint density at radius 2 is 1.70 bits per heavy atom. The van der Waals surface area contributed by atoms with Gasteiger partial charge >= 0.3 is 11.8 Å². The highest BCUT2D eigenvalue weighted by Crippen LogP contribution is 2.38. The summed E-state index contributed by atoms with van der Waals surface area (Å²) < 4.78 is 41.9. The van der Waals surface area contributed by atoms with E-state index in [1.807, 2.05) is 6.92 Å². The van der Waals surface area contributed by atoms with Crippen LogP contribution >= 0.6 is 0 Å². The smallest absolute Gasteiger partial charge is 0.410 e. The molecule has 0 N–H and O–H groups in total. The van der Waals surface area contributed by atoms with Crippen molar-refractivity contribution in [2.45, 2.75) is 59.7 Å². The maximum absolute atomic E-state index is 15.6. The van der Waals surface area contributed by atoms with Gasteiger partial charge in [0.1, 0.15) is 22.8 Å². The van der Waals surface area contributed by atoms with E-state index in [0.717, 1.165) is 0 Å². The lowest BCUT2D eigenvalue weighted by atomic mass is 10.0. The molecule has 43 heavy (non-hydrogen) atoms. The lowest BCUT2D eigenvalue weighted by Crippen LogP contribution is -2.44. The molecule has 3 aromatic heterocycles. The number of fused-ring (bicyclic) bond motifs is 2. The molecule has 1 atom stereocenters. The Labute approximate surface area is 246 Å². The number of halogens is 2. The quantitative estimate of drug-likeness (QED) is 0.274. The number of nitrogens with zero attached hydrogens (tertiary/aromatic N) is 7. The van der Waals surface area contributed by atoms with Crippen LogP contribution in [0.2, 0.25) is 0 Å². The van der Waals surface area contributed by atoms with Gasteiger partial charge in [-0.05, 0) is 76.9 Å². The van der Waals surface area contributed by atoms with Crippen molar-refractivity contribution in [1.82, 2.24) is 33.6 Å². The van der Waals surface area contributed by atoms with Gasteiger partial charge in [-0.1, -0.05) is 0 Å².